The molecule has 2 N–H and O–H groups in total. The van der Waals surface area contributed by atoms with E-state index in [0.717, 1.165) is 19.1 Å². The van der Waals surface area contributed by atoms with Crippen molar-refractivity contribution in [3.8, 4) is 0 Å². The minimum absolute atomic E-state index is 0.0405. The van der Waals surface area contributed by atoms with Crippen molar-refractivity contribution >= 4 is 5.91 Å². The van der Waals surface area contributed by atoms with Gasteiger partial charge in [0.05, 0.1) is 6.26 Å². The fourth-order valence-electron chi connectivity index (χ4n) is 4.40. The lowest BCUT2D eigenvalue weighted by atomic mass is 9.62. The Morgan fingerprint density at radius 1 is 1.07 bits per heavy atom. The van der Waals surface area contributed by atoms with Crippen LogP contribution in [0.4, 0.5) is 0 Å². The van der Waals surface area contributed by atoms with Crippen molar-refractivity contribution in [3.05, 3.63) is 58.4 Å². The number of hydrogen-bond donors (Lipinski definition) is 2. The first kappa shape index (κ1) is 24.2. The highest BCUT2D eigenvalue weighted by Crippen LogP contribution is 2.46. The van der Waals surface area contributed by atoms with Gasteiger partial charge in [0.2, 0.25) is 5.91 Å². The quantitative estimate of drug-likeness (QED) is 0.209. The van der Waals surface area contributed by atoms with Crippen LogP contribution in [0.15, 0.2) is 36.1 Å². The van der Waals surface area contributed by atoms with Crippen molar-refractivity contribution in [1.82, 2.24) is 5.32 Å². The molecule has 0 heterocycles. The normalized spacial score (nSPS) is 17.7. The zero-order valence-corrected chi connectivity index (χ0v) is 19.9. The molecule has 1 aliphatic carbocycles. The van der Waals surface area contributed by atoms with Crippen LogP contribution in [0, 0.1) is 6.92 Å². The van der Waals surface area contributed by atoms with Crippen LogP contribution < -0.4 is 5.32 Å². The molecule has 1 aromatic carbocycles. The maximum atomic E-state index is 12.8. The smallest absolute Gasteiger partial charge is 0.247 e. The average Bonchev–Trinajstić information content (AvgIpc) is 2.69. The van der Waals surface area contributed by atoms with E-state index in [1.807, 2.05) is 0 Å². The number of rotatable bonds is 9. The van der Waals surface area contributed by atoms with Crippen LogP contribution >= 0.6 is 0 Å². The van der Waals surface area contributed by atoms with Crippen molar-refractivity contribution < 1.29 is 9.90 Å². The Morgan fingerprint density at radius 3 is 2.30 bits per heavy atom. The van der Waals surface area contributed by atoms with E-state index in [2.05, 4.69) is 59.0 Å². The maximum Gasteiger partial charge on any atom is 0.247 e. The number of carbonyl (C=O) groups is 1. The van der Waals surface area contributed by atoms with Crippen LogP contribution in [-0.2, 0) is 22.0 Å². The summed E-state index contributed by atoms with van der Waals surface area (Å²) in [6.45, 7) is 14.4. The number of fused-ring (bicyclic) bond motifs is 1. The minimum atomic E-state index is -0.0405. The second-order valence-corrected chi connectivity index (χ2v) is 10.1. The first-order chi connectivity index (χ1) is 14.1. The molecule has 1 aliphatic rings. The van der Waals surface area contributed by atoms with Crippen molar-refractivity contribution in [3.63, 3.8) is 0 Å². The number of benzene rings is 1. The van der Waals surface area contributed by atoms with E-state index in [-0.39, 0.29) is 16.7 Å². The van der Waals surface area contributed by atoms with Crippen LogP contribution in [0.25, 0.3) is 0 Å². The van der Waals surface area contributed by atoms with Gasteiger partial charge in [0.25, 0.3) is 0 Å². The summed E-state index contributed by atoms with van der Waals surface area (Å²) in [6, 6.07) is 4.67. The highest BCUT2D eigenvalue weighted by atomic mass is 16.2. The molecule has 0 fully saturated rings. The van der Waals surface area contributed by atoms with E-state index < -0.39 is 0 Å². The number of hydrogen-bond acceptors (Lipinski definition) is 2. The number of aliphatic hydroxyl groups is 1. The molecule has 0 unspecified atom stereocenters. The van der Waals surface area contributed by atoms with Crippen molar-refractivity contribution in [2.75, 3.05) is 6.54 Å². The van der Waals surface area contributed by atoms with Crippen LogP contribution in [-0.4, -0.2) is 17.6 Å². The van der Waals surface area contributed by atoms with Gasteiger partial charge in [-0.15, -0.1) is 0 Å². The standard InChI is InChI=1S/C27H41NO2/c1-7-8-9-10-15-28-25(30)21(12-11-16-29)18-22-19-24-23(17-20(22)2)26(3,4)13-14-27(24,5)6/h11-12,16-17,19,29H,7-10,13-15,18H2,1-6H3,(H,28,30)/b16-11-,21-12-. The van der Waals surface area contributed by atoms with Gasteiger partial charge in [-0.2, -0.15) is 0 Å². The van der Waals surface area contributed by atoms with E-state index in [0.29, 0.717) is 18.5 Å². The molecule has 0 aromatic heterocycles. The molecular formula is C27H41NO2. The van der Waals surface area contributed by atoms with Crippen LogP contribution in [0.3, 0.4) is 0 Å². The van der Waals surface area contributed by atoms with Gasteiger partial charge in [0.1, 0.15) is 0 Å². The summed E-state index contributed by atoms with van der Waals surface area (Å²) in [5.74, 6) is -0.0405. The molecule has 0 atom stereocenters. The zero-order chi connectivity index (χ0) is 22.4. The number of aryl methyl sites for hydroxylation is 1. The molecule has 2 rings (SSSR count). The molecule has 0 saturated carbocycles. The molecule has 3 heteroatoms. The van der Waals surface area contributed by atoms with Gasteiger partial charge >= 0.3 is 0 Å². The lowest BCUT2D eigenvalue weighted by Gasteiger charge is -2.42. The fourth-order valence-corrected chi connectivity index (χ4v) is 4.40. The molecule has 0 bridgehead atoms. The molecule has 3 nitrogen and oxygen atoms in total. The van der Waals surface area contributed by atoms with Crippen LogP contribution in [0.5, 0.6) is 0 Å². The van der Waals surface area contributed by atoms with Gasteiger partial charge in [-0.05, 0) is 65.3 Å². The SMILES string of the molecule is CCCCCCNC(=O)/C(=C\C=C/O)Cc1cc2c(cc1C)C(C)(C)CCC2(C)C. The fraction of sp³-hybridized carbons (Fsp3) is 0.593. The molecule has 1 aromatic rings. The third-order valence-electron chi connectivity index (χ3n) is 6.68. The van der Waals surface area contributed by atoms with Crippen molar-refractivity contribution in [1.29, 1.82) is 0 Å². The Kier molecular flexibility index (Phi) is 8.34. The Bertz CT molecular complexity index is 799. The summed E-state index contributed by atoms with van der Waals surface area (Å²) >= 11 is 0. The van der Waals surface area contributed by atoms with Gasteiger partial charge in [-0.1, -0.05) is 72.1 Å². The summed E-state index contributed by atoms with van der Waals surface area (Å²) in [5, 5.41) is 12.2. The number of carbonyl (C=O) groups excluding carboxylic acids is 1. The Balaban J connectivity index is 2.27. The summed E-state index contributed by atoms with van der Waals surface area (Å²) in [7, 11) is 0. The van der Waals surface area contributed by atoms with Gasteiger partial charge in [0.15, 0.2) is 0 Å². The first-order valence-electron chi connectivity index (χ1n) is 11.5. The topological polar surface area (TPSA) is 49.3 Å². The number of nitrogens with one attached hydrogen (secondary N) is 1. The molecule has 30 heavy (non-hydrogen) atoms. The zero-order valence-electron chi connectivity index (χ0n) is 19.9. The van der Waals surface area contributed by atoms with Crippen LogP contribution in [0.2, 0.25) is 0 Å². The van der Waals surface area contributed by atoms with Gasteiger partial charge < -0.3 is 10.4 Å². The number of amides is 1. The number of unbranched alkanes of at least 4 members (excludes halogenated alkanes) is 3. The minimum Gasteiger partial charge on any atom is -0.516 e. The monoisotopic (exact) mass is 411 g/mol. The molecular weight excluding hydrogens is 370 g/mol. The van der Waals surface area contributed by atoms with Crippen molar-refractivity contribution in [2.45, 2.75) is 97.3 Å². The Hall–Kier alpha value is -2.03. The van der Waals surface area contributed by atoms with Crippen molar-refractivity contribution in [2.24, 2.45) is 0 Å². The number of allylic oxidation sites excluding steroid dienone is 2. The van der Waals surface area contributed by atoms with E-state index in [4.69, 9.17) is 5.11 Å². The summed E-state index contributed by atoms with van der Waals surface area (Å²) in [6.07, 6.45) is 11.7. The predicted molar refractivity (Wildman–Crippen MR) is 127 cm³/mol. The maximum absolute atomic E-state index is 12.8. The highest BCUT2D eigenvalue weighted by Gasteiger charge is 2.37. The van der Waals surface area contributed by atoms with E-state index in [9.17, 15) is 4.79 Å². The molecule has 0 spiro atoms. The Morgan fingerprint density at radius 2 is 1.70 bits per heavy atom. The molecule has 0 radical (unpaired) electrons. The lowest BCUT2D eigenvalue weighted by Crippen LogP contribution is -2.34. The van der Waals surface area contributed by atoms with Gasteiger partial charge in [-0.3, -0.25) is 4.79 Å². The highest BCUT2D eigenvalue weighted by molar-refractivity contribution is 5.94. The molecule has 166 valence electrons. The van der Waals surface area contributed by atoms with Gasteiger partial charge in [0, 0.05) is 18.5 Å². The van der Waals surface area contributed by atoms with E-state index >= 15 is 0 Å². The molecule has 1 amide bonds. The summed E-state index contributed by atoms with van der Waals surface area (Å²) in [5.41, 5.74) is 6.29. The van der Waals surface area contributed by atoms with E-state index in [1.165, 1.54) is 54.0 Å². The summed E-state index contributed by atoms with van der Waals surface area (Å²) < 4.78 is 0. The third-order valence-corrected chi connectivity index (χ3v) is 6.68. The average molecular weight is 412 g/mol. The number of aliphatic hydroxyl groups excluding tert-OH is 1. The van der Waals surface area contributed by atoms with E-state index in [1.54, 1.807) is 6.08 Å². The predicted octanol–water partition coefficient (Wildman–Crippen LogP) is 6.58. The lowest BCUT2D eigenvalue weighted by molar-refractivity contribution is -0.117. The second kappa shape index (κ2) is 10.3. The molecule has 0 aliphatic heterocycles. The van der Waals surface area contributed by atoms with Crippen LogP contribution in [0.1, 0.15) is 95.4 Å². The first-order valence-corrected chi connectivity index (χ1v) is 11.5. The second-order valence-electron chi connectivity index (χ2n) is 10.1. The third kappa shape index (κ3) is 6.00. The summed E-state index contributed by atoms with van der Waals surface area (Å²) in [4.78, 5) is 12.8. The largest absolute Gasteiger partial charge is 0.516 e. The molecule has 0 saturated heterocycles. The van der Waals surface area contributed by atoms with Gasteiger partial charge in [-0.25, -0.2) is 0 Å². The Labute approximate surface area is 183 Å².